The van der Waals surface area contributed by atoms with Crippen LogP contribution < -0.4 is 0 Å². The van der Waals surface area contributed by atoms with Gasteiger partial charge in [-0.3, -0.25) is 4.99 Å². The van der Waals surface area contributed by atoms with Crippen LogP contribution in [0.3, 0.4) is 0 Å². The highest BCUT2D eigenvalue weighted by Gasteiger charge is 1.76. The monoisotopic (exact) mass is 127 g/mol. The van der Waals surface area contributed by atoms with Crippen LogP contribution in [0.5, 0.6) is 0 Å². The maximum absolute atomic E-state index is 4.23. The Labute approximate surface area is 58.2 Å². The maximum atomic E-state index is 4.23. The summed E-state index contributed by atoms with van der Waals surface area (Å²) in [5.41, 5.74) is 0. The van der Waals surface area contributed by atoms with Gasteiger partial charge in [0.2, 0.25) is 0 Å². The van der Waals surface area contributed by atoms with Gasteiger partial charge in [0.15, 0.2) is 0 Å². The zero-order chi connectivity index (χ0) is 6.95. The summed E-state index contributed by atoms with van der Waals surface area (Å²) in [4.78, 5) is 4.23. The molecule has 0 rings (SSSR count). The quantitative estimate of drug-likeness (QED) is 0.397. The minimum Gasteiger partial charge on any atom is -0.298 e. The minimum absolute atomic E-state index is 1.02. The molecule has 0 N–H and O–H groups in total. The van der Waals surface area contributed by atoms with Crippen molar-refractivity contribution in [3.05, 3.63) is 0 Å². The van der Waals surface area contributed by atoms with E-state index in [0.717, 1.165) is 13.0 Å². The second kappa shape index (κ2) is 7.67. The number of hydrogen-bond donors (Lipinski definition) is 0. The van der Waals surface area contributed by atoms with E-state index >= 15 is 0 Å². The van der Waals surface area contributed by atoms with Crippen LogP contribution in [0.25, 0.3) is 0 Å². The smallest absolute Gasteiger partial charge is 0.0385 e. The zero-order valence-electron chi connectivity index (χ0n) is 6.56. The van der Waals surface area contributed by atoms with E-state index in [1.165, 1.54) is 19.3 Å². The number of rotatable bonds is 5. The topological polar surface area (TPSA) is 12.4 Å². The van der Waals surface area contributed by atoms with Gasteiger partial charge in [-0.05, 0) is 19.1 Å². The van der Waals surface area contributed by atoms with Gasteiger partial charge < -0.3 is 0 Å². The highest BCUT2D eigenvalue weighted by Crippen LogP contribution is 1.87. The van der Waals surface area contributed by atoms with Crippen molar-refractivity contribution in [1.82, 2.24) is 0 Å². The van der Waals surface area contributed by atoms with Gasteiger partial charge in [-0.15, -0.1) is 0 Å². The lowest BCUT2D eigenvalue weighted by molar-refractivity contribution is 0.807. The molecule has 0 radical (unpaired) electrons. The molecule has 0 amide bonds. The molecular weight excluding hydrogens is 110 g/mol. The summed E-state index contributed by atoms with van der Waals surface area (Å²) < 4.78 is 0. The van der Waals surface area contributed by atoms with Gasteiger partial charge >= 0.3 is 0 Å². The summed E-state index contributed by atoms with van der Waals surface area (Å²) in [6.07, 6.45) is 6.89. The Kier molecular flexibility index (Phi) is 7.39. The first kappa shape index (κ1) is 8.67. The molecule has 0 aromatic rings. The van der Waals surface area contributed by atoms with Crippen LogP contribution in [-0.4, -0.2) is 12.8 Å². The first-order chi connectivity index (χ1) is 4.41. The largest absolute Gasteiger partial charge is 0.298 e. The summed E-state index contributed by atoms with van der Waals surface area (Å²) in [5.74, 6) is 0. The van der Waals surface area contributed by atoms with Crippen molar-refractivity contribution in [2.24, 2.45) is 4.99 Å². The summed E-state index contributed by atoms with van der Waals surface area (Å²) in [7, 11) is 0. The van der Waals surface area contributed by atoms with Crippen molar-refractivity contribution < 1.29 is 0 Å². The lowest BCUT2D eigenvalue weighted by Crippen LogP contribution is -1.79. The molecule has 0 spiro atoms. The molecule has 0 fully saturated rings. The molecule has 0 heterocycles. The predicted octanol–water partition coefficient (Wildman–Crippen LogP) is 2.66. The molecular formula is C8H17N. The maximum Gasteiger partial charge on any atom is 0.0385 e. The van der Waals surface area contributed by atoms with Crippen LogP contribution in [0.15, 0.2) is 4.99 Å². The van der Waals surface area contributed by atoms with Crippen LogP contribution in [0, 0.1) is 0 Å². The second-order valence-corrected chi connectivity index (χ2v) is 2.23. The first-order valence-electron chi connectivity index (χ1n) is 3.90. The lowest BCUT2D eigenvalue weighted by Gasteiger charge is -1.87. The van der Waals surface area contributed by atoms with Crippen molar-refractivity contribution in [1.29, 1.82) is 0 Å². The summed E-state index contributed by atoms with van der Waals surface area (Å²) in [6.45, 7) is 5.39. The average molecular weight is 127 g/mol. The van der Waals surface area contributed by atoms with Gasteiger partial charge in [-0.2, -0.15) is 0 Å². The van der Waals surface area contributed by atoms with E-state index in [1.807, 2.05) is 6.21 Å². The van der Waals surface area contributed by atoms with E-state index < -0.39 is 0 Å². The van der Waals surface area contributed by atoms with Crippen LogP contribution >= 0.6 is 0 Å². The molecule has 9 heavy (non-hydrogen) atoms. The number of aliphatic imine (C=N–C) groups is 1. The Morgan fingerprint density at radius 2 is 2.00 bits per heavy atom. The molecule has 0 saturated heterocycles. The van der Waals surface area contributed by atoms with Crippen molar-refractivity contribution in [2.75, 3.05) is 6.54 Å². The van der Waals surface area contributed by atoms with Gasteiger partial charge in [-0.25, -0.2) is 0 Å². The molecule has 0 aromatic carbocycles. The lowest BCUT2D eigenvalue weighted by atomic mass is 10.3. The van der Waals surface area contributed by atoms with Crippen LogP contribution in [0.4, 0.5) is 0 Å². The molecule has 1 nitrogen and oxygen atoms in total. The molecule has 0 unspecified atom stereocenters. The van der Waals surface area contributed by atoms with E-state index in [1.54, 1.807) is 0 Å². The number of unbranched alkanes of at least 4 members (excludes halogenated alkanes) is 2. The molecule has 0 atom stereocenters. The van der Waals surface area contributed by atoms with Crippen molar-refractivity contribution in [3.63, 3.8) is 0 Å². The van der Waals surface area contributed by atoms with Gasteiger partial charge in [0.1, 0.15) is 0 Å². The molecule has 0 aromatic heterocycles. The molecule has 1 heteroatoms. The molecule has 0 aliphatic carbocycles. The summed E-state index contributed by atoms with van der Waals surface area (Å²) in [6, 6.07) is 0. The van der Waals surface area contributed by atoms with Gasteiger partial charge in [0, 0.05) is 6.54 Å². The van der Waals surface area contributed by atoms with Crippen LogP contribution in [0.1, 0.15) is 39.5 Å². The SMILES string of the molecule is CCCC=NCCCC. The third-order valence-electron chi connectivity index (χ3n) is 1.19. The molecule has 54 valence electrons. The number of nitrogens with zero attached hydrogens (tertiary/aromatic N) is 1. The standard InChI is InChI=1S/C8H17N/c1-3-5-7-9-8-6-4-2/h7H,3-6,8H2,1-2H3. The van der Waals surface area contributed by atoms with Crippen LogP contribution in [-0.2, 0) is 0 Å². The average Bonchev–Trinajstić information content (AvgIpc) is 1.89. The predicted molar refractivity (Wildman–Crippen MR) is 43.2 cm³/mol. The fourth-order valence-electron chi connectivity index (χ4n) is 0.561. The molecule has 0 aliphatic heterocycles. The van der Waals surface area contributed by atoms with Gasteiger partial charge in [0.05, 0.1) is 0 Å². The molecule has 0 bridgehead atoms. The van der Waals surface area contributed by atoms with Crippen molar-refractivity contribution in [3.8, 4) is 0 Å². The third kappa shape index (κ3) is 7.67. The number of hydrogen-bond acceptors (Lipinski definition) is 1. The Hall–Kier alpha value is -0.330. The molecule has 0 aliphatic rings. The van der Waals surface area contributed by atoms with Crippen molar-refractivity contribution >= 4 is 6.21 Å². The Morgan fingerprint density at radius 1 is 1.22 bits per heavy atom. The first-order valence-corrected chi connectivity index (χ1v) is 3.90. The molecule has 0 saturated carbocycles. The van der Waals surface area contributed by atoms with Gasteiger partial charge in [0.25, 0.3) is 0 Å². The fourth-order valence-corrected chi connectivity index (χ4v) is 0.561. The summed E-state index contributed by atoms with van der Waals surface area (Å²) >= 11 is 0. The van der Waals surface area contributed by atoms with E-state index in [-0.39, 0.29) is 0 Å². The van der Waals surface area contributed by atoms with E-state index in [2.05, 4.69) is 18.8 Å². The second-order valence-electron chi connectivity index (χ2n) is 2.23. The fraction of sp³-hybridized carbons (Fsp3) is 0.875. The van der Waals surface area contributed by atoms with E-state index in [0.29, 0.717) is 0 Å². The third-order valence-corrected chi connectivity index (χ3v) is 1.19. The highest BCUT2D eigenvalue weighted by atomic mass is 14.7. The van der Waals surface area contributed by atoms with Crippen LogP contribution in [0.2, 0.25) is 0 Å². The van der Waals surface area contributed by atoms with E-state index in [4.69, 9.17) is 0 Å². The zero-order valence-corrected chi connectivity index (χ0v) is 6.56. The Balaban J connectivity index is 2.86. The van der Waals surface area contributed by atoms with E-state index in [9.17, 15) is 0 Å². The normalized spacial score (nSPS) is 10.9. The summed E-state index contributed by atoms with van der Waals surface area (Å²) in [5, 5.41) is 0. The van der Waals surface area contributed by atoms with Gasteiger partial charge in [-0.1, -0.05) is 26.7 Å². The highest BCUT2D eigenvalue weighted by molar-refractivity contribution is 5.56. The van der Waals surface area contributed by atoms with Crippen molar-refractivity contribution in [2.45, 2.75) is 39.5 Å². The minimum atomic E-state index is 1.02. The Bertz CT molecular complexity index is 67.0. The Morgan fingerprint density at radius 3 is 2.56 bits per heavy atom.